The number of carbonyl (C=O) groups is 2. The van der Waals surface area contributed by atoms with Crippen molar-refractivity contribution in [1.29, 1.82) is 0 Å². The van der Waals surface area contributed by atoms with E-state index in [2.05, 4.69) is 17.5 Å². The SMILES string of the molecule is O=C1CC(C2CC=CCC2)CC(=O)N1. The molecule has 1 unspecified atom stereocenters. The van der Waals surface area contributed by atoms with Gasteiger partial charge < -0.3 is 0 Å². The number of hydrogen-bond acceptors (Lipinski definition) is 2. The van der Waals surface area contributed by atoms with Gasteiger partial charge in [0, 0.05) is 12.8 Å². The molecule has 0 aromatic carbocycles. The molecule has 2 rings (SSSR count). The summed E-state index contributed by atoms with van der Waals surface area (Å²) in [5, 5.41) is 2.35. The zero-order chi connectivity index (χ0) is 9.97. The Balaban J connectivity index is 1.99. The van der Waals surface area contributed by atoms with E-state index in [9.17, 15) is 9.59 Å². The van der Waals surface area contributed by atoms with Crippen molar-refractivity contribution in [2.75, 3.05) is 0 Å². The third-order valence-electron chi connectivity index (χ3n) is 3.15. The number of hydrogen-bond donors (Lipinski definition) is 1. The molecule has 0 aromatic rings. The Morgan fingerprint density at radius 3 is 2.36 bits per heavy atom. The summed E-state index contributed by atoms with van der Waals surface area (Å²) in [6.45, 7) is 0. The van der Waals surface area contributed by atoms with Crippen LogP contribution in [0.1, 0.15) is 32.1 Å². The predicted molar refractivity (Wildman–Crippen MR) is 52.4 cm³/mol. The van der Waals surface area contributed by atoms with Crippen LogP contribution in [0.25, 0.3) is 0 Å². The zero-order valence-corrected chi connectivity index (χ0v) is 8.16. The van der Waals surface area contributed by atoms with E-state index in [4.69, 9.17) is 0 Å². The Kier molecular flexibility index (Phi) is 2.66. The first-order valence-electron chi connectivity index (χ1n) is 5.23. The number of allylic oxidation sites excluding steroid dienone is 2. The molecule has 2 aliphatic rings. The maximum atomic E-state index is 11.2. The van der Waals surface area contributed by atoms with Crippen LogP contribution in [0.5, 0.6) is 0 Å². The maximum absolute atomic E-state index is 11.2. The lowest BCUT2D eigenvalue weighted by Crippen LogP contribution is -2.40. The number of amides is 2. The number of rotatable bonds is 1. The molecule has 14 heavy (non-hydrogen) atoms. The summed E-state index contributed by atoms with van der Waals surface area (Å²) in [5.74, 6) is 0.623. The van der Waals surface area contributed by atoms with Crippen molar-refractivity contribution in [3.8, 4) is 0 Å². The van der Waals surface area contributed by atoms with E-state index in [0.29, 0.717) is 18.8 Å². The van der Waals surface area contributed by atoms with Gasteiger partial charge in [-0.3, -0.25) is 14.9 Å². The Bertz CT molecular complexity index is 267. The molecule has 1 atom stereocenters. The first-order valence-corrected chi connectivity index (χ1v) is 5.23. The fraction of sp³-hybridized carbons (Fsp3) is 0.636. The highest BCUT2D eigenvalue weighted by Crippen LogP contribution is 2.31. The first kappa shape index (κ1) is 9.44. The fourth-order valence-corrected chi connectivity index (χ4v) is 2.38. The van der Waals surface area contributed by atoms with E-state index in [1.54, 1.807) is 0 Å². The van der Waals surface area contributed by atoms with Crippen molar-refractivity contribution in [1.82, 2.24) is 5.32 Å². The van der Waals surface area contributed by atoms with E-state index in [1.165, 1.54) is 0 Å². The van der Waals surface area contributed by atoms with Crippen LogP contribution in [-0.4, -0.2) is 11.8 Å². The number of piperidine rings is 1. The highest BCUT2D eigenvalue weighted by molar-refractivity contribution is 5.97. The van der Waals surface area contributed by atoms with Gasteiger partial charge in [0.25, 0.3) is 0 Å². The van der Waals surface area contributed by atoms with Crippen LogP contribution in [-0.2, 0) is 9.59 Å². The highest BCUT2D eigenvalue weighted by atomic mass is 16.2. The monoisotopic (exact) mass is 193 g/mol. The van der Waals surface area contributed by atoms with Crippen molar-refractivity contribution in [2.24, 2.45) is 11.8 Å². The Labute approximate surface area is 83.6 Å². The van der Waals surface area contributed by atoms with Crippen molar-refractivity contribution >= 4 is 11.8 Å². The minimum absolute atomic E-state index is 0.0965. The largest absolute Gasteiger partial charge is 0.296 e. The third kappa shape index (κ3) is 2.03. The second-order valence-electron chi connectivity index (χ2n) is 4.18. The Morgan fingerprint density at radius 2 is 1.79 bits per heavy atom. The molecule has 0 aromatic heterocycles. The topological polar surface area (TPSA) is 46.2 Å². The standard InChI is InChI=1S/C11H15NO2/c13-10-6-9(7-11(14)12-10)8-4-2-1-3-5-8/h1-2,8-9H,3-7H2,(H,12,13,14). The molecule has 1 aliphatic heterocycles. The van der Waals surface area contributed by atoms with Gasteiger partial charge in [0.05, 0.1) is 0 Å². The molecule has 0 saturated carbocycles. The molecule has 1 saturated heterocycles. The van der Waals surface area contributed by atoms with Crippen LogP contribution in [0.3, 0.4) is 0 Å². The molecule has 0 radical (unpaired) electrons. The van der Waals surface area contributed by atoms with Gasteiger partial charge in [-0.15, -0.1) is 0 Å². The van der Waals surface area contributed by atoms with Gasteiger partial charge in [0.2, 0.25) is 11.8 Å². The summed E-state index contributed by atoms with van der Waals surface area (Å²) in [7, 11) is 0. The molecule has 0 spiro atoms. The summed E-state index contributed by atoms with van der Waals surface area (Å²) in [5.41, 5.74) is 0. The second-order valence-corrected chi connectivity index (χ2v) is 4.18. The van der Waals surface area contributed by atoms with Crippen LogP contribution in [0.4, 0.5) is 0 Å². The van der Waals surface area contributed by atoms with E-state index in [1.807, 2.05) is 0 Å². The van der Waals surface area contributed by atoms with Gasteiger partial charge in [-0.2, -0.15) is 0 Å². The molecule has 1 aliphatic carbocycles. The molecule has 3 heteroatoms. The van der Waals surface area contributed by atoms with E-state index in [-0.39, 0.29) is 17.7 Å². The highest BCUT2D eigenvalue weighted by Gasteiger charge is 2.30. The predicted octanol–water partition coefficient (Wildman–Crippen LogP) is 1.40. The Morgan fingerprint density at radius 1 is 1.07 bits per heavy atom. The van der Waals surface area contributed by atoms with Crippen LogP contribution in [0.2, 0.25) is 0 Å². The van der Waals surface area contributed by atoms with Gasteiger partial charge >= 0.3 is 0 Å². The fourth-order valence-electron chi connectivity index (χ4n) is 2.38. The smallest absolute Gasteiger partial charge is 0.226 e. The van der Waals surface area contributed by atoms with Crippen LogP contribution >= 0.6 is 0 Å². The molecular formula is C11H15NO2. The molecule has 1 fully saturated rings. The summed E-state index contributed by atoms with van der Waals surface area (Å²) in [4.78, 5) is 22.4. The molecule has 76 valence electrons. The van der Waals surface area contributed by atoms with Crippen molar-refractivity contribution in [3.05, 3.63) is 12.2 Å². The second kappa shape index (κ2) is 3.95. The van der Waals surface area contributed by atoms with E-state index in [0.717, 1.165) is 19.3 Å². The van der Waals surface area contributed by atoms with E-state index < -0.39 is 0 Å². The van der Waals surface area contributed by atoms with Gasteiger partial charge in [-0.25, -0.2) is 0 Å². The quantitative estimate of drug-likeness (QED) is 0.505. The van der Waals surface area contributed by atoms with Crippen molar-refractivity contribution in [3.63, 3.8) is 0 Å². The number of nitrogens with one attached hydrogen (secondary N) is 1. The minimum Gasteiger partial charge on any atom is -0.296 e. The first-order chi connectivity index (χ1) is 6.75. The normalized spacial score (nSPS) is 29.0. The average Bonchev–Trinajstić information content (AvgIpc) is 2.18. The summed E-state index contributed by atoms with van der Waals surface area (Å²) >= 11 is 0. The van der Waals surface area contributed by atoms with E-state index >= 15 is 0 Å². The lowest BCUT2D eigenvalue weighted by Gasteiger charge is -2.29. The lowest BCUT2D eigenvalue weighted by molar-refractivity contribution is -0.135. The minimum atomic E-state index is -0.0965. The molecular weight excluding hydrogens is 178 g/mol. The molecule has 1 heterocycles. The summed E-state index contributed by atoms with van der Waals surface area (Å²) < 4.78 is 0. The number of imide groups is 1. The lowest BCUT2D eigenvalue weighted by atomic mass is 9.78. The Hall–Kier alpha value is -1.12. The van der Waals surface area contributed by atoms with Gasteiger partial charge in [0.15, 0.2) is 0 Å². The van der Waals surface area contributed by atoms with Crippen LogP contribution < -0.4 is 5.32 Å². The third-order valence-corrected chi connectivity index (χ3v) is 3.15. The van der Waals surface area contributed by atoms with Crippen molar-refractivity contribution in [2.45, 2.75) is 32.1 Å². The maximum Gasteiger partial charge on any atom is 0.226 e. The molecule has 0 bridgehead atoms. The van der Waals surface area contributed by atoms with Gasteiger partial charge in [0.1, 0.15) is 0 Å². The van der Waals surface area contributed by atoms with Crippen molar-refractivity contribution < 1.29 is 9.59 Å². The van der Waals surface area contributed by atoms with Crippen LogP contribution in [0.15, 0.2) is 12.2 Å². The zero-order valence-electron chi connectivity index (χ0n) is 8.16. The summed E-state index contributed by atoms with van der Waals surface area (Å²) in [6.07, 6.45) is 8.67. The van der Waals surface area contributed by atoms with Gasteiger partial charge in [-0.05, 0) is 31.1 Å². The van der Waals surface area contributed by atoms with Crippen LogP contribution in [0, 0.1) is 11.8 Å². The van der Waals surface area contributed by atoms with Gasteiger partial charge in [-0.1, -0.05) is 12.2 Å². The molecule has 3 nitrogen and oxygen atoms in total. The summed E-state index contributed by atoms with van der Waals surface area (Å²) in [6, 6.07) is 0. The average molecular weight is 193 g/mol. The number of carbonyl (C=O) groups excluding carboxylic acids is 2. The molecule has 1 N–H and O–H groups in total. The molecule has 2 amide bonds.